The number of hydrogen-bond donors (Lipinski definition) is 2. The van der Waals surface area contributed by atoms with Gasteiger partial charge in [-0.15, -0.1) is 0 Å². The summed E-state index contributed by atoms with van der Waals surface area (Å²) in [6.45, 7) is 4.78. The van der Waals surface area contributed by atoms with E-state index >= 15 is 0 Å². The number of carboxylic acid groups (broad SMARTS) is 1. The number of carbonyl (C=O) groups excluding carboxylic acids is 1. The van der Waals surface area contributed by atoms with Crippen molar-refractivity contribution in [3.63, 3.8) is 0 Å². The summed E-state index contributed by atoms with van der Waals surface area (Å²) in [5, 5.41) is 12.3. The summed E-state index contributed by atoms with van der Waals surface area (Å²) in [5.41, 5.74) is 0. The first-order valence-electron chi connectivity index (χ1n) is 14.6. The number of unbranched alkanes of at least 4 members (excludes halogenated alkanes) is 19. The number of hydrogen-bond acceptors (Lipinski definition) is 2. The van der Waals surface area contributed by atoms with Crippen LogP contribution in [-0.4, -0.2) is 23.5 Å². The second-order valence-electron chi connectivity index (χ2n) is 10.1. The number of carbonyl (C=O) groups is 2. The molecule has 0 aliphatic carbocycles. The SMILES string of the molecule is CCCCCCCCCCCCCC(=O)NCC(CCCCCCCCCCCC)C(=O)O. The second kappa shape index (κ2) is 25.6. The Bertz CT molecular complexity index is 439. The van der Waals surface area contributed by atoms with E-state index in [-0.39, 0.29) is 12.5 Å². The molecule has 0 aromatic heterocycles. The molecule has 0 saturated carbocycles. The normalized spacial score (nSPS) is 12.1. The number of nitrogens with one attached hydrogen (secondary N) is 1. The Labute approximate surface area is 206 Å². The molecule has 1 amide bonds. The van der Waals surface area contributed by atoms with Crippen LogP contribution in [0.1, 0.15) is 162 Å². The molecule has 0 heterocycles. The van der Waals surface area contributed by atoms with Gasteiger partial charge in [0, 0.05) is 13.0 Å². The lowest BCUT2D eigenvalue weighted by atomic mass is 9.99. The van der Waals surface area contributed by atoms with Gasteiger partial charge in [-0.1, -0.05) is 142 Å². The Morgan fingerprint density at radius 2 is 0.939 bits per heavy atom. The van der Waals surface area contributed by atoms with Gasteiger partial charge < -0.3 is 10.4 Å². The van der Waals surface area contributed by atoms with Crippen molar-refractivity contribution in [3.8, 4) is 0 Å². The maximum absolute atomic E-state index is 12.1. The van der Waals surface area contributed by atoms with Gasteiger partial charge in [0.25, 0.3) is 0 Å². The zero-order chi connectivity index (χ0) is 24.4. The van der Waals surface area contributed by atoms with Crippen LogP contribution >= 0.6 is 0 Å². The molecule has 2 N–H and O–H groups in total. The van der Waals surface area contributed by atoms with E-state index in [0.29, 0.717) is 12.8 Å². The zero-order valence-corrected chi connectivity index (χ0v) is 22.3. The van der Waals surface area contributed by atoms with Crippen LogP contribution in [-0.2, 0) is 9.59 Å². The van der Waals surface area contributed by atoms with Gasteiger partial charge in [-0.05, 0) is 12.8 Å². The van der Waals surface area contributed by atoms with Crippen molar-refractivity contribution >= 4 is 11.9 Å². The average molecular weight is 468 g/mol. The Kier molecular flexibility index (Phi) is 24.7. The van der Waals surface area contributed by atoms with Gasteiger partial charge in [-0.3, -0.25) is 9.59 Å². The number of aliphatic carboxylic acids is 1. The van der Waals surface area contributed by atoms with Gasteiger partial charge in [0.2, 0.25) is 5.91 Å². The summed E-state index contributed by atoms with van der Waals surface area (Å²) in [6.07, 6.45) is 27.7. The summed E-state index contributed by atoms with van der Waals surface area (Å²) in [6, 6.07) is 0. The molecule has 0 saturated heterocycles. The highest BCUT2D eigenvalue weighted by Gasteiger charge is 2.17. The minimum Gasteiger partial charge on any atom is -0.481 e. The van der Waals surface area contributed by atoms with Crippen molar-refractivity contribution in [1.29, 1.82) is 0 Å². The minimum atomic E-state index is -0.777. The highest BCUT2D eigenvalue weighted by atomic mass is 16.4. The van der Waals surface area contributed by atoms with E-state index in [1.165, 1.54) is 109 Å². The smallest absolute Gasteiger partial charge is 0.308 e. The third-order valence-corrected chi connectivity index (χ3v) is 6.81. The molecule has 0 aromatic rings. The Balaban J connectivity index is 3.58. The van der Waals surface area contributed by atoms with E-state index in [2.05, 4.69) is 19.2 Å². The highest BCUT2D eigenvalue weighted by molar-refractivity contribution is 5.77. The molecule has 0 fully saturated rings. The van der Waals surface area contributed by atoms with Gasteiger partial charge in [-0.25, -0.2) is 0 Å². The molecule has 0 aliphatic heterocycles. The quantitative estimate of drug-likeness (QED) is 0.125. The van der Waals surface area contributed by atoms with E-state index in [4.69, 9.17) is 0 Å². The highest BCUT2D eigenvalue weighted by Crippen LogP contribution is 2.15. The molecule has 33 heavy (non-hydrogen) atoms. The van der Waals surface area contributed by atoms with E-state index in [1.807, 2.05) is 0 Å². The summed E-state index contributed by atoms with van der Waals surface area (Å²) < 4.78 is 0. The summed E-state index contributed by atoms with van der Waals surface area (Å²) in [4.78, 5) is 23.6. The monoisotopic (exact) mass is 467 g/mol. The van der Waals surface area contributed by atoms with Crippen LogP contribution in [0.15, 0.2) is 0 Å². The predicted molar refractivity (Wildman–Crippen MR) is 142 cm³/mol. The topological polar surface area (TPSA) is 66.4 Å². The molecule has 0 rings (SSSR count). The van der Waals surface area contributed by atoms with Crippen molar-refractivity contribution in [3.05, 3.63) is 0 Å². The van der Waals surface area contributed by atoms with E-state index in [0.717, 1.165) is 25.7 Å². The number of amides is 1. The molecule has 1 unspecified atom stereocenters. The molecule has 1 atom stereocenters. The summed E-state index contributed by atoms with van der Waals surface area (Å²) >= 11 is 0. The van der Waals surface area contributed by atoms with Crippen molar-refractivity contribution in [2.75, 3.05) is 6.54 Å². The van der Waals surface area contributed by atoms with Crippen LogP contribution < -0.4 is 5.32 Å². The maximum Gasteiger partial charge on any atom is 0.308 e. The zero-order valence-electron chi connectivity index (χ0n) is 22.3. The van der Waals surface area contributed by atoms with Crippen molar-refractivity contribution in [1.82, 2.24) is 5.32 Å². The molecule has 196 valence electrons. The molecule has 0 radical (unpaired) electrons. The fourth-order valence-electron chi connectivity index (χ4n) is 4.47. The molecule has 0 bridgehead atoms. The fraction of sp³-hybridized carbons (Fsp3) is 0.931. The Hall–Kier alpha value is -1.06. The molecule has 0 spiro atoms. The predicted octanol–water partition coefficient (Wildman–Crippen LogP) is 8.82. The molecular weight excluding hydrogens is 410 g/mol. The first-order chi connectivity index (χ1) is 16.1. The molecular formula is C29H57NO3. The van der Waals surface area contributed by atoms with Crippen LogP contribution in [0.4, 0.5) is 0 Å². The van der Waals surface area contributed by atoms with Crippen LogP contribution in [0.25, 0.3) is 0 Å². The largest absolute Gasteiger partial charge is 0.481 e. The standard InChI is InChI=1S/C29H57NO3/c1-3-5-7-9-11-13-15-17-19-21-23-25-28(31)30-26-27(29(32)33)24-22-20-18-16-14-12-10-8-6-4-2/h27H,3-26H2,1-2H3,(H,30,31)(H,32,33). The third kappa shape index (κ3) is 23.9. The van der Waals surface area contributed by atoms with Gasteiger partial charge in [0.05, 0.1) is 5.92 Å². The van der Waals surface area contributed by atoms with Crippen LogP contribution in [0.2, 0.25) is 0 Å². The Morgan fingerprint density at radius 1 is 0.576 bits per heavy atom. The van der Waals surface area contributed by atoms with Crippen LogP contribution in [0, 0.1) is 5.92 Å². The summed E-state index contributed by atoms with van der Waals surface area (Å²) in [7, 11) is 0. The lowest BCUT2D eigenvalue weighted by Gasteiger charge is -2.13. The summed E-state index contributed by atoms with van der Waals surface area (Å²) in [5.74, 6) is -1.21. The number of rotatable bonds is 26. The van der Waals surface area contributed by atoms with Crippen molar-refractivity contribution in [2.45, 2.75) is 162 Å². The minimum absolute atomic E-state index is 0.0141. The molecule has 4 nitrogen and oxygen atoms in total. The third-order valence-electron chi connectivity index (χ3n) is 6.81. The van der Waals surface area contributed by atoms with Crippen molar-refractivity contribution < 1.29 is 14.7 Å². The molecule has 0 aliphatic rings. The van der Waals surface area contributed by atoms with Crippen molar-refractivity contribution in [2.24, 2.45) is 5.92 Å². The molecule has 0 aromatic carbocycles. The van der Waals surface area contributed by atoms with E-state index < -0.39 is 11.9 Å². The first-order valence-corrected chi connectivity index (χ1v) is 14.6. The van der Waals surface area contributed by atoms with E-state index in [9.17, 15) is 14.7 Å². The van der Waals surface area contributed by atoms with E-state index in [1.54, 1.807) is 0 Å². The van der Waals surface area contributed by atoms with Crippen LogP contribution in [0.5, 0.6) is 0 Å². The second-order valence-corrected chi connectivity index (χ2v) is 10.1. The fourth-order valence-corrected chi connectivity index (χ4v) is 4.47. The average Bonchev–Trinajstić information content (AvgIpc) is 2.80. The van der Waals surface area contributed by atoms with Gasteiger partial charge in [0.15, 0.2) is 0 Å². The maximum atomic E-state index is 12.1. The van der Waals surface area contributed by atoms with Gasteiger partial charge >= 0.3 is 5.97 Å². The van der Waals surface area contributed by atoms with Crippen LogP contribution in [0.3, 0.4) is 0 Å². The lowest BCUT2D eigenvalue weighted by molar-refractivity contribution is -0.142. The first kappa shape index (κ1) is 31.9. The number of carboxylic acids is 1. The lowest BCUT2D eigenvalue weighted by Crippen LogP contribution is -2.32. The van der Waals surface area contributed by atoms with Gasteiger partial charge in [-0.2, -0.15) is 0 Å². The Morgan fingerprint density at radius 3 is 1.33 bits per heavy atom. The molecule has 4 heteroatoms. The van der Waals surface area contributed by atoms with Gasteiger partial charge in [0.1, 0.15) is 0 Å².